The van der Waals surface area contributed by atoms with Gasteiger partial charge >= 0.3 is 0 Å². The number of rotatable bonds is 2. The normalized spacial score (nSPS) is 13.6. The van der Waals surface area contributed by atoms with Gasteiger partial charge in [-0.3, -0.25) is 0 Å². The number of nitrogens with two attached hydrogens (primary N) is 1. The summed E-state index contributed by atoms with van der Waals surface area (Å²) >= 11 is 5.96. The molecule has 1 heterocycles. The summed E-state index contributed by atoms with van der Waals surface area (Å²) in [7, 11) is 0. The van der Waals surface area contributed by atoms with Crippen LogP contribution in [-0.2, 0) is 0 Å². The van der Waals surface area contributed by atoms with Gasteiger partial charge in [0, 0.05) is 11.1 Å². The maximum absolute atomic E-state index is 5.96. The average molecular weight is 238 g/mol. The number of halogens is 1. The zero-order chi connectivity index (χ0) is 11.9. The molecule has 2 N–H and O–H groups in total. The van der Waals surface area contributed by atoms with E-state index < -0.39 is 0 Å². The monoisotopic (exact) mass is 237 g/mol. The van der Waals surface area contributed by atoms with Gasteiger partial charge in [0.2, 0.25) is 0 Å². The Labute approximate surface area is 100 Å². The summed E-state index contributed by atoms with van der Waals surface area (Å²) in [6.07, 6.45) is 0. The van der Waals surface area contributed by atoms with Gasteiger partial charge < -0.3 is 10.3 Å². The minimum absolute atomic E-state index is 0.0754. The summed E-state index contributed by atoms with van der Waals surface area (Å²) in [5.74, 6) is 0.910. The fraction of sp³-hybridized carbons (Fsp3) is 0.417. The summed E-state index contributed by atoms with van der Waals surface area (Å²) < 4.78 is 2.16. The van der Waals surface area contributed by atoms with Crippen molar-refractivity contribution in [2.24, 2.45) is 5.73 Å². The summed E-state index contributed by atoms with van der Waals surface area (Å²) in [4.78, 5) is 4.55. The molecule has 3 nitrogen and oxygen atoms in total. The van der Waals surface area contributed by atoms with E-state index >= 15 is 0 Å². The number of benzene rings is 1. The highest BCUT2D eigenvalue weighted by molar-refractivity contribution is 6.31. The second kappa shape index (κ2) is 4.07. The Kier molecular flexibility index (Phi) is 2.91. The highest BCUT2D eigenvalue weighted by atomic mass is 35.5. The molecule has 0 fully saturated rings. The Morgan fingerprint density at radius 3 is 2.56 bits per heavy atom. The highest BCUT2D eigenvalue weighted by Crippen LogP contribution is 2.26. The number of hydrogen-bond donors (Lipinski definition) is 1. The fourth-order valence-electron chi connectivity index (χ4n) is 1.95. The van der Waals surface area contributed by atoms with Crippen LogP contribution in [0.3, 0.4) is 0 Å². The van der Waals surface area contributed by atoms with E-state index in [1.807, 2.05) is 25.1 Å². The van der Waals surface area contributed by atoms with Crippen LogP contribution in [0.15, 0.2) is 18.2 Å². The summed E-state index contributed by atoms with van der Waals surface area (Å²) in [5, 5.41) is 0.706. The van der Waals surface area contributed by atoms with E-state index in [0.717, 1.165) is 16.9 Å². The van der Waals surface area contributed by atoms with Crippen molar-refractivity contribution in [3.63, 3.8) is 0 Å². The molecule has 86 valence electrons. The molecule has 2 aromatic rings. The largest absolute Gasteiger partial charge is 0.324 e. The third-order valence-corrected chi connectivity index (χ3v) is 2.84. The maximum Gasteiger partial charge on any atom is 0.126 e. The lowest BCUT2D eigenvalue weighted by molar-refractivity contribution is 0.558. The first-order valence-electron chi connectivity index (χ1n) is 5.43. The molecule has 4 heteroatoms. The molecule has 0 bridgehead atoms. The van der Waals surface area contributed by atoms with Crippen molar-refractivity contribution in [3.05, 3.63) is 29.0 Å². The zero-order valence-corrected chi connectivity index (χ0v) is 10.5. The maximum atomic E-state index is 5.96. The zero-order valence-electron chi connectivity index (χ0n) is 9.74. The predicted molar refractivity (Wildman–Crippen MR) is 67.7 cm³/mol. The molecule has 0 aliphatic heterocycles. The third kappa shape index (κ3) is 1.81. The van der Waals surface area contributed by atoms with Crippen LogP contribution in [0.2, 0.25) is 5.02 Å². The molecule has 0 aliphatic rings. The Hall–Kier alpha value is -1.06. The van der Waals surface area contributed by atoms with Gasteiger partial charge in [-0.15, -0.1) is 0 Å². The Balaban J connectivity index is 2.75. The van der Waals surface area contributed by atoms with Crippen molar-refractivity contribution in [2.45, 2.75) is 32.9 Å². The van der Waals surface area contributed by atoms with Gasteiger partial charge in [0.25, 0.3) is 0 Å². The smallest absolute Gasteiger partial charge is 0.126 e. The van der Waals surface area contributed by atoms with E-state index in [0.29, 0.717) is 11.1 Å². The molecule has 0 saturated carbocycles. The van der Waals surface area contributed by atoms with Gasteiger partial charge in [0.15, 0.2) is 0 Å². The van der Waals surface area contributed by atoms with E-state index in [2.05, 4.69) is 23.4 Å². The van der Waals surface area contributed by atoms with E-state index in [1.54, 1.807) is 0 Å². The Morgan fingerprint density at radius 2 is 2.00 bits per heavy atom. The van der Waals surface area contributed by atoms with Gasteiger partial charge in [0.1, 0.15) is 5.82 Å². The quantitative estimate of drug-likeness (QED) is 0.871. The van der Waals surface area contributed by atoms with E-state index in [1.165, 1.54) is 0 Å². The van der Waals surface area contributed by atoms with Crippen LogP contribution in [-0.4, -0.2) is 9.55 Å². The van der Waals surface area contributed by atoms with Crippen molar-refractivity contribution in [1.29, 1.82) is 0 Å². The van der Waals surface area contributed by atoms with Gasteiger partial charge in [-0.2, -0.15) is 0 Å². The lowest BCUT2D eigenvalue weighted by Gasteiger charge is -2.14. The van der Waals surface area contributed by atoms with Gasteiger partial charge in [-0.1, -0.05) is 11.6 Å². The first-order valence-corrected chi connectivity index (χ1v) is 5.81. The predicted octanol–water partition coefficient (Wildman–Crippen LogP) is 3.29. The van der Waals surface area contributed by atoms with Crippen molar-refractivity contribution in [1.82, 2.24) is 9.55 Å². The number of aromatic nitrogens is 2. The van der Waals surface area contributed by atoms with E-state index in [9.17, 15) is 0 Å². The average Bonchev–Trinajstić information content (AvgIpc) is 2.55. The van der Waals surface area contributed by atoms with Gasteiger partial charge in [-0.25, -0.2) is 4.98 Å². The molecule has 0 saturated heterocycles. The van der Waals surface area contributed by atoms with Crippen LogP contribution in [0.1, 0.15) is 38.7 Å². The molecule has 16 heavy (non-hydrogen) atoms. The number of fused-ring (bicyclic) bond motifs is 1. The first-order chi connectivity index (χ1) is 7.50. The Bertz CT molecular complexity index is 514. The fourth-order valence-corrected chi connectivity index (χ4v) is 2.12. The number of hydrogen-bond acceptors (Lipinski definition) is 2. The van der Waals surface area contributed by atoms with Crippen molar-refractivity contribution >= 4 is 22.6 Å². The second-order valence-electron chi connectivity index (χ2n) is 4.36. The molecule has 0 aliphatic carbocycles. The van der Waals surface area contributed by atoms with Crippen molar-refractivity contribution in [3.8, 4) is 0 Å². The minimum atomic E-state index is -0.0754. The Morgan fingerprint density at radius 1 is 1.31 bits per heavy atom. The molecule has 1 aromatic heterocycles. The molecule has 1 aromatic carbocycles. The van der Waals surface area contributed by atoms with Crippen molar-refractivity contribution in [2.75, 3.05) is 0 Å². The molecule has 0 spiro atoms. The summed E-state index contributed by atoms with van der Waals surface area (Å²) in [6, 6.07) is 6.02. The lowest BCUT2D eigenvalue weighted by Crippen LogP contribution is -2.14. The summed E-state index contributed by atoms with van der Waals surface area (Å²) in [5.41, 5.74) is 7.94. The molecular weight excluding hydrogens is 222 g/mol. The topological polar surface area (TPSA) is 43.8 Å². The van der Waals surface area contributed by atoms with Crippen molar-refractivity contribution < 1.29 is 0 Å². The second-order valence-corrected chi connectivity index (χ2v) is 4.79. The van der Waals surface area contributed by atoms with Gasteiger partial charge in [-0.05, 0) is 39.0 Å². The summed E-state index contributed by atoms with van der Waals surface area (Å²) in [6.45, 7) is 6.20. The van der Waals surface area contributed by atoms with Crippen LogP contribution in [0, 0.1) is 0 Å². The lowest BCUT2D eigenvalue weighted by atomic mass is 10.2. The standard InChI is InChI=1S/C12H16ClN3/c1-7(2)16-11-5-4-9(13)6-10(11)15-12(16)8(3)14/h4-8H,14H2,1-3H3/t8-/m1/s1. The molecule has 2 rings (SSSR count). The van der Waals surface area contributed by atoms with Crippen LogP contribution in [0.25, 0.3) is 11.0 Å². The number of imidazole rings is 1. The SMILES string of the molecule is CC(C)n1c([C@@H](C)N)nc2cc(Cl)ccc21. The number of nitrogens with zero attached hydrogens (tertiary/aromatic N) is 2. The molecule has 1 atom stereocenters. The van der Waals surface area contributed by atoms with Crippen LogP contribution < -0.4 is 5.73 Å². The van der Waals surface area contributed by atoms with Crippen LogP contribution in [0.4, 0.5) is 0 Å². The van der Waals surface area contributed by atoms with Crippen LogP contribution >= 0.6 is 11.6 Å². The molecule has 0 radical (unpaired) electrons. The highest BCUT2D eigenvalue weighted by Gasteiger charge is 2.15. The van der Waals surface area contributed by atoms with E-state index in [-0.39, 0.29) is 6.04 Å². The molecule has 0 amide bonds. The minimum Gasteiger partial charge on any atom is -0.324 e. The van der Waals surface area contributed by atoms with Gasteiger partial charge in [0.05, 0.1) is 17.1 Å². The van der Waals surface area contributed by atoms with E-state index in [4.69, 9.17) is 17.3 Å². The van der Waals surface area contributed by atoms with Crippen LogP contribution in [0.5, 0.6) is 0 Å². The third-order valence-electron chi connectivity index (χ3n) is 2.60. The molecular formula is C12H16ClN3. The molecule has 0 unspecified atom stereocenters. The first kappa shape index (κ1) is 11.4.